The molecule has 0 unspecified atom stereocenters. The minimum absolute atomic E-state index is 0. The molecule has 0 rings (SSSR count). The molecule has 0 atom stereocenters. The summed E-state index contributed by atoms with van der Waals surface area (Å²) in [7, 11) is 0. The van der Waals surface area contributed by atoms with Gasteiger partial charge in [0.1, 0.15) is 0 Å². The molecule has 0 bridgehead atoms. The van der Waals surface area contributed by atoms with E-state index in [1.807, 2.05) is 0 Å². The first-order chi connectivity index (χ1) is 3.25. The number of rotatable bonds is 0. The van der Waals surface area contributed by atoms with Gasteiger partial charge >= 0.3 is 6.18 Å². The van der Waals surface area contributed by atoms with Gasteiger partial charge < -0.3 is 32.5 Å². The molecule has 0 heterocycles. The first-order valence-electron chi connectivity index (χ1n) is 1.76. The molecule has 0 aromatic heterocycles. The Hall–Kier alpha value is 0.333. The van der Waals surface area contributed by atoms with Gasteiger partial charge in [0.05, 0.1) is 0 Å². The van der Waals surface area contributed by atoms with E-state index in [-0.39, 0.29) is 48.7 Å². The SMILES string of the molecule is CC(O)(O)C(F)(F)F.[CH3-].[CH3-].[CH3-].[Zn]. The van der Waals surface area contributed by atoms with Crippen LogP contribution in [0.25, 0.3) is 0 Å². The molecule has 0 amide bonds. The first-order valence-corrected chi connectivity index (χ1v) is 1.76. The third kappa shape index (κ3) is 10.3. The van der Waals surface area contributed by atoms with Crippen molar-refractivity contribution in [3.63, 3.8) is 0 Å². The van der Waals surface area contributed by atoms with Gasteiger partial charge in [0, 0.05) is 19.5 Å². The molecule has 2 nitrogen and oxygen atoms in total. The molecule has 12 heavy (non-hydrogen) atoms. The maximum Gasteiger partial charge on any atom is 0.442 e. The Kier molecular flexibility index (Phi) is 19.5. The molecular formula is C6H14F3O2Zn-3. The minimum Gasteiger partial charge on any atom is -0.359 e. The number of hydrogen-bond acceptors (Lipinski definition) is 2. The van der Waals surface area contributed by atoms with Crippen LogP contribution in [0.1, 0.15) is 6.92 Å². The maximum absolute atomic E-state index is 11.1. The Bertz CT molecular complexity index is 75.8. The van der Waals surface area contributed by atoms with Gasteiger partial charge in [-0.1, -0.05) is 0 Å². The third-order valence-electron chi connectivity index (χ3n) is 0.537. The van der Waals surface area contributed by atoms with E-state index in [0.717, 1.165) is 0 Å². The van der Waals surface area contributed by atoms with Gasteiger partial charge in [-0.15, -0.1) is 0 Å². The van der Waals surface area contributed by atoms with Gasteiger partial charge in [0.2, 0.25) is 0 Å². The normalized spacial score (nSPS) is 9.50. The molecular weight excluding hydrogens is 226 g/mol. The number of halogens is 3. The Balaban J connectivity index is -0.0000000408. The average molecular weight is 241 g/mol. The molecule has 76 valence electrons. The fourth-order valence-corrected chi connectivity index (χ4v) is 0. The van der Waals surface area contributed by atoms with Crippen molar-refractivity contribution in [2.24, 2.45) is 0 Å². The van der Waals surface area contributed by atoms with Crippen molar-refractivity contribution in [3.8, 4) is 0 Å². The second-order valence-corrected chi connectivity index (χ2v) is 1.52. The fourth-order valence-electron chi connectivity index (χ4n) is 0. The second-order valence-electron chi connectivity index (χ2n) is 1.52. The smallest absolute Gasteiger partial charge is 0.359 e. The predicted octanol–water partition coefficient (Wildman–Crippen LogP) is 1.60. The Morgan fingerprint density at radius 3 is 1.00 bits per heavy atom. The van der Waals surface area contributed by atoms with Crippen molar-refractivity contribution in [1.82, 2.24) is 0 Å². The zero-order valence-corrected chi connectivity index (χ0v) is 10.7. The van der Waals surface area contributed by atoms with Gasteiger partial charge in [-0.25, -0.2) is 0 Å². The molecule has 0 aromatic rings. The summed E-state index contributed by atoms with van der Waals surface area (Å²) in [6.07, 6.45) is -4.95. The largest absolute Gasteiger partial charge is 0.442 e. The average Bonchev–Trinajstić information content (AvgIpc) is 1.25. The van der Waals surface area contributed by atoms with E-state index in [2.05, 4.69) is 0 Å². The topological polar surface area (TPSA) is 40.5 Å². The molecule has 0 saturated carbocycles. The van der Waals surface area contributed by atoms with Crippen molar-refractivity contribution in [3.05, 3.63) is 22.3 Å². The standard InChI is InChI=1S/C3H5F3O2.3CH3.Zn/c1-2(7,8)3(4,5)6;;;;/h7-8H,1H3;3*1H3;/q;3*-1;. The van der Waals surface area contributed by atoms with E-state index in [9.17, 15) is 13.2 Å². The third-order valence-corrected chi connectivity index (χ3v) is 0.537. The Morgan fingerprint density at radius 1 is 0.917 bits per heavy atom. The first kappa shape index (κ1) is 29.5. The zero-order valence-electron chi connectivity index (χ0n) is 7.74. The van der Waals surface area contributed by atoms with Crippen LogP contribution in [-0.4, -0.2) is 22.2 Å². The molecule has 0 saturated heterocycles. The van der Waals surface area contributed by atoms with Crippen LogP contribution in [0.5, 0.6) is 0 Å². The predicted molar refractivity (Wildman–Crippen MR) is 38.1 cm³/mol. The van der Waals surface area contributed by atoms with E-state index in [4.69, 9.17) is 10.2 Å². The summed E-state index contributed by atoms with van der Waals surface area (Å²) in [5.74, 6) is -3.56. The summed E-state index contributed by atoms with van der Waals surface area (Å²) in [6.45, 7) is 0.257. The van der Waals surface area contributed by atoms with Crippen LogP contribution in [-0.2, 0) is 19.5 Å². The van der Waals surface area contributed by atoms with Crippen LogP contribution in [0.3, 0.4) is 0 Å². The van der Waals surface area contributed by atoms with Crippen LogP contribution < -0.4 is 0 Å². The van der Waals surface area contributed by atoms with E-state index < -0.39 is 12.0 Å². The summed E-state index contributed by atoms with van der Waals surface area (Å²) >= 11 is 0. The monoisotopic (exact) mass is 239 g/mol. The molecule has 0 aliphatic carbocycles. The quantitative estimate of drug-likeness (QED) is 0.384. The van der Waals surface area contributed by atoms with Crippen molar-refractivity contribution in [1.29, 1.82) is 0 Å². The molecule has 0 aliphatic heterocycles. The molecule has 0 aromatic carbocycles. The molecule has 0 aliphatic rings. The molecule has 0 fully saturated rings. The van der Waals surface area contributed by atoms with Gasteiger partial charge in [0.15, 0.2) is 0 Å². The van der Waals surface area contributed by atoms with Crippen molar-refractivity contribution >= 4 is 0 Å². The summed E-state index contributed by atoms with van der Waals surface area (Å²) in [4.78, 5) is 0. The van der Waals surface area contributed by atoms with Crippen LogP contribution in [0.2, 0.25) is 0 Å². The zero-order chi connectivity index (χ0) is 7.00. The number of hydrogen-bond donors (Lipinski definition) is 2. The van der Waals surface area contributed by atoms with Crippen molar-refractivity contribution < 1.29 is 42.9 Å². The Labute approximate surface area is 84.5 Å². The summed E-state index contributed by atoms with van der Waals surface area (Å²) in [5, 5.41) is 15.6. The molecule has 6 heteroatoms. The number of aliphatic hydroxyl groups is 2. The van der Waals surface area contributed by atoms with Gasteiger partial charge in [-0.05, 0) is 6.92 Å². The van der Waals surface area contributed by atoms with Crippen LogP contribution in [0, 0.1) is 22.3 Å². The van der Waals surface area contributed by atoms with E-state index in [1.54, 1.807) is 0 Å². The molecule has 0 spiro atoms. The number of alkyl halides is 3. The van der Waals surface area contributed by atoms with Crippen molar-refractivity contribution in [2.75, 3.05) is 0 Å². The van der Waals surface area contributed by atoms with Gasteiger partial charge in [0.25, 0.3) is 5.79 Å². The second kappa shape index (κ2) is 7.96. The maximum atomic E-state index is 11.1. The van der Waals surface area contributed by atoms with E-state index >= 15 is 0 Å². The fraction of sp³-hybridized carbons (Fsp3) is 0.500. The van der Waals surface area contributed by atoms with E-state index in [1.165, 1.54) is 0 Å². The summed E-state index contributed by atoms with van der Waals surface area (Å²) < 4.78 is 33.2. The van der Waals surface area contributed by atoms with Gasteiger partial charge in [-0.2, -0.15) is 13.2 Å². The molecule has 2 N–H and O–H groups in total. The van der Waals surface area contributed by atoms with Gasteiger partial charge in [-0.3, -0.25) is 0 Å². The van der Waals surface area contributed by atoms with Crippen LogP contribution >= 0.6 is 0 Å². The van der Waals surface area contributed by atoms with Crippen molar-refractivity contribution in [2.45, 2.75) is 18.9 Å². The summed E-state index contributed by atoms with van der Waals surface area (Å²) in [6, 6.07) is 0. The van der Waals surface area contributed by atoms with Crippen LogP contribution in [0.15, 0.2) is 0 Å². The summed E-state index contributed by atoms with van der Waals surface area (Å²) in [5.41, 5.74) is 0. The van der Waals surface area contributed by atoms with Crippen LogP contribution in [0.4, 0.5) is 13.2 Å². The van der Waals surface area contributed by atoms with E-state index in [0.29, 0.717) is 0 Å². The minimum atomic E-state index is -4.95. The Morgan fingerprint density at radius 2 is 1.00 bits per heavy atom. The molecule has 0 radical (unpaired) electrons.